The van der Waals surface area contributed by atoms with Gasteiger partial charge in [-0.25, -0.2) is 0 Å². The van der Waals surface area contributed by atoms with Crippen LogP contribution in [-0.4, -0.2) is 41.9 Å². The van der Waals surface area contributed by atoms with Crippen LogP contribution in [0, 0.1) is 0 Å². The Morgan fingerprint density at radius 3 is 3.06 bits per heavy atom. The lowest BCUT2D eigenvalue weighted by Crippen LogP contribution is -2.33. The minimum atomic E-state index is -0.0931. The topological polar surface area (TPSA) is 76.1 Å². The summed E-state index contributed by atoms with van der Waals surface area (Å²) in [5, 5.41) is 13.4. The minimum absolute atomic E-state index is 0.0931. The van der Waals surface area contributed by atoms with Crippen LogP contribution < -0.4 is 10.6 Å². The summed E-state index contributed by atoms with van der Waals surface area (Å²) in [6, 6.07) is 3.44. The second kappa shape index (κ2) is 7.03. The van der Waals surface area contributed by atoms with Gasteiger partial charge in [0.2, 0.25) is 5.91 Å². The lowest BCUT2D eigenvalue weighted by molar-refractivity contribution is -0.117. The average molecular weight is 250 g/mol. The molecule has 2 rings (SSSR count). The van der Waals surface area contributed by atoms with Gasteiger partial charge in [0.1, 0.15) is 0 Å². The number of anilines is 1. The van der Waals surface area contributed by atoms with Crippen molar-refractivity contribution in [1.82, 2.24) is 15.5 Å². The van der Waals surface area contributed by atoms with Crippen molar-refractivity contribution >= 4 is 11.7 Å². The van der Waals surface area contributed by atoms with Gasteiger partial charge in [-0.1, -0.05) is 0 Å². The van der Waals surface area contributed by atoms with Gasteiger partial charge in [0.25, 0.3) is 0 Å². The van der Waals surface area contributed by atoms with Crippen molar-refractivity contribution in [3.05, 3.63) is 18.3 Å². The molecule has 1 aliphatic heterocycles. The molecular formula is C12H18N4O2. The first-order valence-corrected chi connectivity index (χ1v) is 6.24. The standard InChI is InChI=1S/C12H18N4O2/c17-12(15-11-2-1-6-14-16-11)5-9-18-10-3-7-13-8-4-10/h1-2,6,10,13H,3-5,7-9H2,(H,15,16,17). The van der Waals surface area contributed by atoms with Gasteiger partial charge in [0.05, 0.1) is 19.1 Å². The highest BCUT2D eigenvalue weighted by atomic mass is 16.5. The van der Waals surface area contributed by atoms with E-state index in [0.717, 1.165) is 25.9 Å². The zero-order valence-electron chi connectivity index (χ0n) is 10.3. The van der Waals surface area contributed by atoms with E-state index in [0.29, 0.717) is 18.8 Å². The van der Waals surface area contributed by atoms with Gasteiger partial charge in [0.15, 0.2) is 5.82 Å². The first-order valence-electron chi connectivity index (χ1n) is 6.24. The number of hydrogen-bond donors (Lipinski definition) is 2. The largest absolute Gasteiger partial charge is 0.378 e. The molecule has 0 aliphatic carbocycles. The highest BCUT2D eigenvalue weighted by Gasteiger charge is 2.13. The maximum Gasteiger partial charge on any atom is 0.227 e. The Hall–Kier alpha value is -1.53. The van der Waals surface area contributed by atoms with Crippen molar-refractivity contribution < 1.29 is 9.53 Å². The Balaban J connectivity index is 1.62. The Morgan fingerprint density at radius 1 is 1.50 bits per heavy atom. The first kappa shape index (κ1) is 12.9. The second-order valence-electron chi connectivity index (χ2n) is 4.23. The van der Waals surface area contributed by atoms with E-state index in [1.54, 1.807) is 18.3 Å². The van der Waals surface area contributed by atoms with Gasteiger partial charge in [-0.2, -0.15) is 5.10 Å². The molecule has 0 bridgehead atoms. The summed E-state index contributed by atoms with van der Waals surface area (Å²) in [4.78, 5) is 11.6. The zero-order valence-corrected chi connectivity index (χ0v) is 10.3. The van der Waals surface area contributed by atoms with Crippen LogP contribution in [0.25, 0.3) is 0 Å². The molecule has 0 aromatic carbocycles. The van der Waals surface area contributed by atoms with Gasteiger partial charge >= 0.3 is 0 Å². The van der Waals surface area contributed by atoms with E-state index in [4.69, 9.17) is 4.74 Å². The van der Waals surface area contributed by atoms with Gasteiger partial charge < -0.3 is 15.4 Å². The van der Waals surface area contributed by atoms with Gasteiger partial charge in [-0.05, 0) is 38.1 Å². The molecule has 18 heavy (non-hydrogen) atoms. The van der Waals surface area contributed by atoms with Crippen molar-refractivity contribution in [2.45, 2.75) is 25.4 Å². The molecule has 6 nitrogen and oxygen atoms in total. The lowest BCUT2D eigenvalue weighted by Gasteiger charge is -2.22. The molecule has 1 aliphatic rings. The fourth-order valence-electron chi connectivity index (χ4n) is 1.85. The number of nitrogens with zero attached hydrogens (tertiary/aromatic N) is 2. The molecule has 0 spiro atoms. The molecule has 0 atom stereocenters. The number of carbonyl (C=O) groups is 1. The molecule has 1 amide bonds. The molecule has 6 heteroatoms. The number of hydrogen-bond acceptors (Lipinski definition) is 5. The van der Waals surface area contributed by atoms with Gasteiger partial charge in [0, 0.05) is 6.20 Å². The van der Waals surface area contributed by atoms with E-state index in [-0.39, 0.29) is 12.0 Å². The molecule has 98 valence electrons. The zero-order chi connectivity index (χ0) is 12.6. The number of carbonyl (C=O) groups excluding carboxylic acids is 1. The maximum absolute atomic E-state index is 11.6. The van der Waals surface area contributed by atoms with Crippen molar-refractivity contribution in [3.8, 4) is 0 Å². The number of aromatic nitrogens is 2. The van der Waals surface area contributed by atoms with Crippen LogP contribution in [0.4, 0.5) is 5.82 Å². The summed E-state index contributed by atoms with van der Waals surface area (Å²) < 4.78 is 5.65. The summed E-state index contributed by atoms with van der Waals surface area (Å²) in [6.45, 7) is 2.45. The van der Waals surface area contributed by atoms with Gasteiger partial charge in [-0.15, -0.1) is 5.10 Å². The van der Waals surface area contributed by atoms with Crippen LogP contribution in [0.3, 0.4) is 0 Å². The monoisotopic (exact) mass is 250 g/mol. The quantitative estimate of drug-likeness (QED) is 0.799. The van der Waals surface area contributed by atoms with Crippen molar-refractivity contribution in [2.24, 2.45) is 0 Å². The van der Waals surface area contributed by atoms with Crippen LogP contribution in [0.2, 0.25) is 0 Å². The molecule has 1 aromatic rings. The third-order valence-electron chi connectivity index (χ3n) is 2.81. The molecule has 0 unspecified atom stereocenters. The Morgan fingerprint density at radius 2 is 2.33 bits per heavy atom. The average Bonchev–Trinajstić information content (AvgIpc) is 2.41. The number of ether oxygens (including phenoxy) is 1. The summed E-state index contributed by atoms with van der Waals surface area (Å²) in [7, 11) is 0. The van der Waals surface area contributed by atoms with Crippen LogP contribution >= 0.6 is 0 Å². The van der Waals surface area contributed by atoms with E-state index in [1.807, 2.05) is 0 Å². The van der Waals surface area contributed by atoms with Crippen LogP contribution in [0.15, 0.2) is 18.3 Å². The third-order valence-corrected chi connectivity index (χ3v) is 2.81. The summed E-state index contributed by atoms with van der Waals surface area (Å²) in [6.07, 6.45) is 4.24. The normalized spacial score (nSPS) is 16.4. The number of nitrogens with one attached hydrogen (secondary N) is 2. The smallest absolute Gasteiger partial charge is 0.227 e. The summed E-state index contributed by atoms with van der Waals surface area (Å²) in [5.74, 6) is 0.383. The molecule has 1 saturated heterocycles. The van der Waals surface area contributed by atoms with Crippen LogP contribution in [0.5, 0.6) is 0 Å². The predicted molar refractivity (Wildman–Crippen MR) is 67.1 cm³/mol. The van der Waals surface area contributed by atoms with E-state index in [1.165, 1.54) is 0 Å². The minimum Gasteiger partial charge on any atom is -0.378 e. The first-order chi connectivity index (χ1) is 8.84. The summed E-state index contributed by atoms with van der Waals surface area (Å²) in [5.41, 5.74) is 0. The van der Waals surface area contributed by atoms with Crippen molar-refractivity contribution in [3.63, 3.8) is 0 Å². The highest BCUT2D eigenvalue weighted by Crippen LogP contribution is 2.07. The highest BCUT2D eigenvalue weighted by molar-refractivity contribution is 5.89. The third kappa shape index (κ3) is 4.38. The lowest BCUT2D eigenvalue weighted by atomic mass is 10.1. The fraction of sp³-hybridized carbons (Fsp3) is 0.583. The molecule has 0 radical (unpaired) electrons. The Bertz CT molecular complexity index is 366. The van der Waals surface area contributed by atoms with Crippen molar-refractivity contribution in [2.75, 3.05) is 25.0 Å². The number of piperidine rings is 1. The van der Waals surface area contributed by atoms with E-state index in [9.17, 15) is 4.79 Å². The van der Waals surface area contributed by atoms with Crippen molar-refractivity contribution in [1.29, 1.82) is 0 Å². The van der Waals surface area contributed by atoms with Crippen LogP contribution in [-0.2, 0) is 9.53 Å². The fourth-order valence-corrected chi connectivity index (χ4v) is 1.85. The number of amides is 1. The summed E-state index contributed by atoms with van der Waals surface area (Å²) >= 11 is 0. The molecule has 1 fully saturated rings. The molecule has 2 heterocycles. The molecular weight excluding hydrogens is 232 g/mol. The Kier molecular flexibility index (Phi) is 5.04. The SMILES string of the molecule is O=C(CCOC1CCNCC1)Nc1cccnn1. The van der Waals surface area contributed by atoms with Crippen LogP contribution in [0.1, 0.15) is 19.3 Å². The van der Waals surface area contributed by atoms with E-state index in [2.05, 4.69) is 20.8 Å². The Labute approximate surface area is 106 Å². The maximum atomic E-state index is 11.6. The van der Waals surface area contributed by atoms with E-state index >= 15 is 0 Å². The van der Waals surface area contributed by atoms with Gasteiger partial charge in [-0.3, -0.25) is 4.79 Å². The molecule has 1 aromatic heterocycles. The second-order valence-corrected chi connectivity index (χ2v) is 4.23. The van der Waals surface area contributed by atoms with E-state index < -0.39 is 0 Å². The molecule has 2 N–H and O–H groups in total. The predicted octanol–water partition coefficient (Wildman–Crippen LogP) is 0.574. The molecule has 0 saturated carbocycles. The number of rotatable bonds is 5.